The van der Waals surface area contributed by atoms with Gasteiger partial charge >= 0.3 is 32.8 Å². The predicted octanol–water partition coefficient (Wildman–Crippen LogP) is 1.43. The van der Waals surface area contributed by atoms with Crippen LogP contribution in [0.3, 0.4) is 0 Å². The summed E-state index contributed by atoms with van der Waals surface area (Å²) in [5, 5.41) is 1.50. The summed E-state index contributed by atoms with van der Waals surface area (Å²) in [6.45, 7) is 0. The van der Waals surface area contributed by atoms with E-state index in [1.165, 1.54) is 5.07 Å². The molecule has 0 unspecified atom stereocenters. The molecule has 0 aliphatic heterocycles. The first kappa shape index (κ1) is 9.58. The minimum atomic E-state index is 1.50. The third-order valence-corrected chi connectivity index (χ3v) is 1.00. The molecule has 0 fully saturated rings. The van der Waals surface area contributed by atoms with Crippen molar-refractivity contribution in [3.05, 3.63) is 36.4 Å². The predicted molar refractivity (Wildman–Crippen MR) is 38.4 cm³/mol. The van der Waals surface area contributed by atoms with Gasteiger partial charge in [-0.15, -0.1) is 0 Å². The average Bonchev–Trinajstić information content (AvgIpc) is 2.08. The van der Waals surface area contributed by atoms with E-state index in [9.17, 15) is 0 Å². The van der Waals surface area contributed by atoms with Gasteiger partial charge in [0.05, 0.1) is 0 Å². The van der Waals surface area contributed by atoms with Crippen molar-refractivity contribution < 1.29 is 20.6 Å². The number of hydrogen-bond donors (Lipinski definition) is 0. The van der Waals surface area contributed by atoms with E-state index in [4.69, 9.17) is 0 Å². The van der Waals surface area contributed by atoms with E-state index >= 15 is 0 Å². The van der Waals surface area contributed by atoms with Gasteiger partial charge < -0.3 is 0 Å². The van der Waals surface area contributed by atoms with E-state index < -0.39 is 0 Å². The summed E-state index contributed by atoms with van der Waals surface area (Å²) < 4.78 is 4.36. The molecule has 1 nitrogen and oxygen atoms in total. The van der Waals surface area contributed by atoms with Gasteiger partial charge in [0.25, 0.3) is 0 Å². The molecule has 0 amide bonds. The molecule has 0 aliphatic carbocycles. The van der Waals surface area contributed by atoms with E-state index in [1.54, 1.807) is 7.11 Å². The van der Waals surface area contributed by atoms with Crippen LogP contribution in [-0.4, -0.2) is 12.2 Å². The molecule has 10 heavy (non-hydrogen) atoms. The van der Waals surface area contributed by atoms with Gasteiger partial charge in [-0.1, -0.05) is 0 Å². The van der Waals surface area contributed by atoms with Crippen LogP contribution < -0.4 is 0 Å². The summed E-state index contributed by atoms with van der Waals surface area (Å²) in [4.78, 5) is 0. The number of rotatable bonds is 1. The minimum Gasteiger partial charge on any atom is -0.184 e. The van der Waals surface area contributed by atoms with Gasteiger partial charge in [-0.3, -0.25) is 0 Å². The van der Waals surface area contributed by atoms with E-state index in [0.717, 1.165) is 0 Å². The number of methoxy groups -OCH3 is 1. The molecule has 0 aliphatic rings. The van der Waals surface area contributed by atoms with Crippen LogP contribution in [0.25, 0.3) is 0 Å². The van der Waals surface area contributed by atoms with Crippen LogP contribution in [0, 0.1) is 6.07 Å². The number of hydrogen-bond acceptors (Lipinski definition) is 1. The SMILES string of the molecule is CO[CH]=[Cr].[c-]1ccccc1. The monoisotopic (exact) mass is 173 g/mol. The minimum absolute atomic E-state index is 1.50. The van der Waals surface area contributed by atoms with Crippen LogP contribution >= 0.6 is 0 Å². The fourth-order valence-corrected chi connectivity index (χ4v) is 0.342. The van der Waals surface area contributed by atoms with Crippen molar-refractivity contribution in [2.75, 3.05) is 7.11 Å². The summed E-state index contributed by atoms with van der Waals surface area (Å²) >= 11 is 2.55. The van der Waals surface area contributed by atoms with Crippen LogP contribution in [0.15, 0.2) is 30.3 Å². The molecule has 0 atom stereocenters. The first-order chi connectivity index (χ1) is 4.91. The Hall–Kier alpha value is -0.418. The molecule has 0 radical (unpaired) electrons. The molecule has 1 aromatic carbocycles. The van der Waals surface area contributed by atoms with Crippen LogP contribution in [-0.2, 0) is 20.6 Å². The Kier molecular flexibility index (Phi) is 8.22. The maximum atomic E-state index is 4.36. The Balaban J connectivity index is 0.000000180. The van der Waals surface area contributed by atoms with Gasteiger partial charge in [-0.05, 0) is 0 Å². The molecular weight excluding hydrogens is 164 g/mol. The third kappa shape index (κ3) is 7.58. The molecule has 0 N–H and O–H groups in total. The van der Waals surface area contributed by atoms with Crippen LogP contribution in [0.2, 0.25) is 0 Å². The van der Waals surface area contributed by atoms with Crippen molar-refractivity contribution in [3.8, 4) is 0 Å². The number of ether oxygens (including phenoxy) is 1. The Bertz CT molecular complexity index is 124. The molecule has 0 bridgehead atoms. The van der Waals surface area contributed by atoms with E-state index in [1.807, 2.05) is 30.3 Å². The van der Waals surface area contributed by atoms with Gasteiger partial charge in [0.1, 0.15) is 0 Å². The summed E-state index contributed by atoms with van der Waals surface area (Å²) in [6.07, 6.45) is 0. The zero-order chi connectivity index (χ0) is 7.66. The van der Waals surface area contributed by atoms with Crippen molar-refractivity contribution in [1.29, 1.82) is 0 Å². The van der Waals surface area contributed by atoms with Gasteiger partial charge in [0.15, 0.2) is 0 Å². The van der Waals surface area contributed by atoms with Crippen LogP contribution in [0.1, 0.15) is 0 Å². The van der Waals surface area contributed by atoms with Gasteiger partial charge in [-0.25, -0.2) is 0 Å². The molecular formula is C8H9CrO-. The van der Waals surface area contributed by atoms with E-state index in [-0.39, 0.29) is 0 Å². The van der Waals surface area contributed by atoms with Gasteiger partial charge in [0.2, 0.25) is 0 Å². The zero-order valence-electron chi connectivity index (χ0n) is 5.78. The van der Waals surface area contributed by atoms with E-state index in [0.29, 0.717) is 0 Å². The topological polar surface area (TPSA) is 9.23 Å². The second-order valence-corrected chi connectivity index (χ2v) is 1.71. The fraction of sp³-hybridized carbons (Fsp3) is 0.125. The van der Waals surface area contributed by atoms with Crippen molar-refractivity contribution in [3.63, 3.8) is 0 Å². The first-order valence-electron chi connectivity index (χ1n) is 2.79. The van der Waals surface area contributed by atoms with Crippen molar-refractivity contribution >= 4 is 5.07 Å². The Morgan fingerprint density at radius 1 is 1.30 bits per heavy atom. The third-order valence-electron chi connectivity index (χ3n) is 0.703. The maximum absolute atomic E-state index is 4.36. The molecule has 0 spiro atoms. The van der Waals surface area contributed by atoms with Crippen molar-refractivity contribution in [2.45, 2.75) is 0 Å². The summed E-state index contributed by atoms with van der Waals surface area (Å²) in [6, 6.07) is 12.5. The van der Waals surface area contributed by atoms with E-state index in [2.05, 4.69) is 26.7 Å². The van der Waals surface area contributed by atoms with Crippen molar-refractivity contribution in [1.82, 2.24) is 0 Å². The summed E-state index contributed by atoms with van der Waals surface area (Å²) in [7, 11) is 1.59. The number of benzene rings is 1. The fourth-order valence-electron chi connectivity index (χ4n) is 0.342. The molecule has 0 saturated heterocycles. The molecule has 54 valence electrons. The molecule has 0 aromatic heterocycles. The Morgan fingerprint density at radius 3 is 1.90 bits per heavy atom. The van der Waals surface area contributed by atoms with Gasteiger partial charge in [0, 0.05) is 0 Å². The second kappa shape index (κ2) is 8.58. The first-order valence-corrected chi connectivity index (χ1v) is 3.53. The molecule has 1 aromatic rings. The normalized spacial score (nSPS) is 7.30. The molecule has 0 saturated carbocycles. The Morgan fingerprint density at radius 2 is 1.80 bits per heavy atom. The molecule has 2 heteroatoms. The summed E-state index contributed by atoms with van der Waals surface area (Å²) in [5.74, 6) is 0. The van der Waals surface area contributed by atoms with Crippen LogP contribution in [0.5, 0.6) is 0 Å². The smallest absolute Gasteiger partial charge is 0.171 e. The van der Waals surface area contributed by atoms with Crippen LogP contribution in [0.4, 0.5) is 0 Å². The zero-order valence-corrected chi connectivity index (χ0v) is 7.06. The quantitative estimate of drug-likeness (QED) is 0.584. The second-order valence-electron chi connectivity index (χ2n) is 1.41. The molecule has 1 rings (SSSR count). The maximum Gasteiger partial charge on any atom is -0.171 e. The average molecular weight is 173 g/mol. The summed E-state index contributed by atoms with van der Waals surface area (Å²) in [5.41, 5.74) is 0. The largest absolute Gasteiger partial charge is 0.184 e. The van der Waals surface area contributed by atoms with Gasteiger partial charge in [-0.2, -0.15) is 36.4 Å². The van der Waals surface area contributed by atoms with Crippen molar-refractivity contribution in [2.24, 2.45) is 0 Å². The Labute approximate surface area is 69.6 Å². The standard InChI is InChI=1S/C6H5.C2H4O.Cr/c1-2-4-6-5-3-1;1-3-2;/h1-5H;1H,2H3;/q-1;;. The molecule has 0 heterocycles.